The minimum Gasteiger partial charge on any atom is -0.404 e. The van der Waals surface area contributed by atoms with Gasteiger partial charge in [0.05, 0.1) is 11.7 Å². The molecule has 0 spiro atoms. The summed E-state index contributed by atoms with van der Waals surface area (Å²) in [5.41, 5.74) is 0.636. The first-order valence-corrected chi connectivity index (χ1v) is 19.6. The summed E-state index contributed by atoms with van der Waals surface area (Å²) < 4.78 is 7.65. The van der Waals surface area contributed by atoms with Crippen LogP contribution in [0.4, 0.5) is 0 Å². The molecule has 4 aliphatic carbocycles. The van der Waals surface area contributed by atoms with E-state index in [1.54, 1.807) is 5.57 Å². The molecule has 240 valence electrons. The van der Waals surface area contributed by atoms with Gasteiger partial charge in [-0.1, -0.05) is 121 Å². The van der Waals surface area contributed by atoms with E-state index in [1.165, 1.54) is 10.4 Å². The summed E-state index contributed by atoms with van der Waals surface area (Å²) >= 11 is 0. The number of aliphatic hydroxyl groups excluding tert-OH is 1. The van der Waals surface area contributed by atoms with Gasteiger partial charge in [-0.05, 0) is 102 Å². The minimum atomic E-state index is -2.60. The van der Waals surface area contributed by atoms with Crippen molar-refractivity contribution in [1.82, 2.24) is 0 Å². The van der Waals surface area contributed by atoms with Crippen molar-refractivity contribution in [2.75, 3.05) is 0 Å². The van der Waals surface area contributed by atoms with Gasteiger partial charge >= 0.3 is 0 Å². The third-order valence-corrected chi connectivity index (χ3v) is 18.4. The predicted molar refractivity (Wildman–Crippen MR) is 185 cm³/mol. The van der Waals surface area contributed by atoms with Crippen LogP contribution in [0.15, 0.2) is 72.3 Å². The summed E-state index contributed by atoms with van der Waals surface area (Å²) in [5.74, 6) is 2.08. The topological polar surface area (TPSA) is 49.7 Å². The van der Waals surface area contributed by atoms with Gasteiger partial charge in [-0.25, -0.2) is 0 Å². The molecule has 2 aromatic rings. The molecule has 0 bridgehead atoms. The van der Waals surface area contributed by atoms with Crippen molar-refractivity contribution in [3.63, 3.8) is 0 Å². The van der Waals surface area contributed by atoms with Crippen molar-refractivity contribution in [1.29, 1.82) is 0 Å². The van der Waals surface area contributed by atoms with Crippen molar-refractivity contribution in [2.24, 2.45) is 34.5 Å². The van der Waals surface area contributed by atoms with Crippen molar-refractivity contribution in [3.8, 4) is 0 Å². The molecule has 6 rings (SSSR count). The molecule has 2 N–H and O–H groups in total. The SMILES string of the molecule is CC(C)CC[C@@]1(O)[C@H](O)C[C@H]2[C@@H]3CC=C4C[C@@H](O[Si](c5ccccc5)(c5ccccc5)C(C)(C)C)CC[C@]4(C)[C@H]3CC[C@@]21C. The van der Waals surface area contributed by atoms with Crippen molar-refractivity contribution in [3.05, 3.63) is 72.3 Å². The molecule has 3 fully saturated rings. The van der Waals surface area contributed by atoms with Gasteiger partial charge in [-0.15, -0.1) is 0 Å². The second kappa shape index (κ2) is 11.5. The number of rotatable bonds is 7. The van der Waals surface area contributed by atoms with Crippen LogP contribution in [0.1, 0.15) is 106 Å². The Morgan fingerprint density at radius 1 is 0.909 bits per heavy atom. The van der Waals surface area contributed by atoms with E-state index in [-0.39, 0.29) is 22.0 Å². The van der Waals surface area contributed by atoms with Gasteiger partial charge in [0.25, 0.3) is 8.32 Å². The summed E-state index contributed by atoms with van der Waals surface area (Å²) in [7, 11) is -2.60. The van der Waals surface area contributed by atoms with Crippen molar-refractivity contribution < 1.29 is 14.6 Å². The highest BCUT2D eigenvalue weighted by Crippen LogP contribution is 2.68. The Morgan fingerprint density at radius 2 is 1.52 bits per heavy atom. The van der Waals surface area contributed by atoms with E-state index < -0.39 is 20.0 Å². The average molecular weight is 615 g/mol. The Morgan fingerprint density at radius 3 is 2.09 bits per heavy atom. The summed E-state index contributed by atoms with van der Waals surface area (Å²) in [6, 6.07) is 22.2. The molecule has 8 atom stereocenters. The maximum atomic E-state index is 12.1. The Labute approximate surface area is 268 Å². The number of benzene rings is 2. The zero-order valence-electron chi connectivity index (χ0n) is 28.5. The molecule has 0 amide bonds. The molecular weight excluding hydrogens is 557 g/mol. The first kappa shape index (κ1) is 32.2. The molecular formula is C40H58O3Si. The molecule has 4 aliphatic rings. The molecule has 0 unspecified atom stereocenters. The van der Waals surface area contributed by atoms with Crippen LogP contribution in [0.5, 0.6) is 0 Å². The van der Waals surface area contributed by atoms with Crippen molar-refractivity contribution in [2.45, 2.75) is 129 Å². The minimum absolute atomic E-state index is 0.0218. The Kier molecular flexibility index (Phi) is 8.43. The van der Waals surface area contributed by atoms with E-state index in [1.807, 2.05) is 0 Å². The van der Waals surface area contributed by atoms with Gasteiger partial charge < -0.3 is 14.6 Å². The van der Waals surface area contributed by atoms with Gasteiger partial charge in [0.2, 0.25) is 0 Å². The fourth-order valence-electron chi connectivity index (χ4n) is 10.7. The van der Waals surface area contributed by atoms with Crippen LogP contribution in [-0.2, 0) is 4.43 Å². The number of allylic oxidation sites excluding steroid dienone is 1. The van der Waals surface area contributed by atoms with Crippen LogP contribution < -0.4 is 10.4 Å². The van der Waals surface area contributed by atoms with E-state index in [0.29, 0.717) is 23.7 Å². The van der Waals surface area contributed by atoms with Crippen LogP contribution in [0.25, 0.3) is 0 Å². The maximum Gasteiger partial charge on any atom is 0.261 e. The summed E-state index contributed by atoms with van der Waals surface area (Å²) in [6.07, 6.45) is 11.2. The number of hydrogen-bond acceptors (Lipinski definition) is 3. The lowest BCUT2D eigenvalue weighted by Gasteiger charge is -2.59. The largest absolute Gasteiger partial charge is 0.404 e. The maximum absolute atomic E-state index is 12.1. The van der Waals surface area contributed by atoms with Crippen LogP contribution in [0.2, 0.25) is 5.04 Å². The third kappa shape index (κ3) is 4.93. The monoisotopic (exact) mass is 614 g/mol. The lowest BCUT2D eigenvalue weighted by Crippen LogP contribution is -2.68. The molecule has 0 aromatic heterocycles. The van der Waals surface area contributed by atoms with Gasteiger partial charge in [-0.3, -0.25) is 0 Å². The first-order chi connectivity index (χ1) is 20.8. The van der Waals surface area contributed by atoms with Crippen LogP contribution in [-0.4, -0.2) is 36.3 Å². The molecule has 3 nitrogen and oxygen atoms in total. The zero-order chi connectivity index (χ0) is 31.5. The highest BCUT2D eigenvalue weighted by Gasteiger charge is 2.67. The Bertz CT molecular complexity index is 1290. The summed E-state index contributed by atoms with van der Waals surface area (Å²) in [6.45, 7) is 16.5. The zero-order valence-corrected chi connectivity index (χ0v) is 29.5. The molecule has 44 heavy (non-hydrogen) atoms. The van der Waals surface area contributed by atoms with Gasteiger partial charge in [0.1, 0.15) is 0 Å². The average Bonchev–Trinajstić information content (AvgIpc) is 3.20. The highest BCUT2D eigenvalue weighted by molar-refractivity contribution is 6.99. The Hall–Kier alpha value is -1.72. The van der Waals surface area contributed by atoms with Gasteiger partial charge in [0, 0.05) is 11.5 Å². The molecule has 0 aliphatic heterocycles. The Balaban J connectivity index is 1.29. The standard InChI is InChI=1S/C40H58O3Si/c1-28(2)20-25-40(42)36(41)27-35-33-19-18-29-26-30(21-23-38(29,6)34(33)22-24-39(35,40)7)43-44(37(3,4)5,31-14-10-8-11-15-31)32-16-12-9-13-17-32/h8-18,28,30,33-36,41-42H,19-27H2,1-7H3/t30-,33+,34-,35-,36+,38-,39-,40+/m0/s1. The lowest BCUT2D eigenvalue weighted by molar-refractivity contribution is -0.158. The molecule has 2 aromatic carbocycles. The number of aliphatic hydroxyl groups is 2. The first-order valence-electron chi connectivity index (χ1n) is 17.6. The molecule has 0 heterocycles. The lowest BCUT2D eigenvalue weighted by atomic mass is 9.46. The van der Waals surface area contributed by atoms with Crippen LogP contribution in [0.3, 0.4) is 0 Å². The van der Waals surface area contributed by atoms with E-state index in [0.717, 1.165) is 57.8 Å². The van der Waals surface area contributed by atoms with Crippen LogP contribution in [0, 0.1) is 34.5 Å². The predicted octanol–water partition coefficient (Wildman–Crippen LogP) is 8.03. The van der Waals surface area contributed by atoms with E-state index in [9.17, 15) is 10.2 Å². The van der Waals surface area contributed by atoms with Gasteiger partial charge in [0.15, 0.2) is 0 Å². The quantitative estimate of drug-likeness (QED) is 0.245. The third-order valence-electron chi connectivity index (χ3n) is 13.3. The normalized spacial score (nSPS) is 37.2. The molecule has 4 heteroatoms. The highest BCUT2D eigenvalue weighted by atomic mass is 28.4. The summed E-state index contributed by atoms with van der Waals surface area (Å²) in [5, 5.41) is 26.1. The fourth-order valence-corrected chi connectivity index (χ4v) is 15.5. The van der Waals surface area contributed by atoms with E-state index >= 15 is 0 Å². The van der Waals surface area contributed by atoms with E-state index in [2.05, 4.69) is 115 Å². The fraction of sp³-hybridized carbons (Fsp3) is 0.650. The smallest absolute Gasteiger partial charge is 0.261 e. The number of hydrogen-bond donors (Lipinski definition) is 2. The molecule has 0 saturated heterocycles. The van der Waals surface area contributed by atoms with E-state index in [4.69, 9.17) is 4.43 Å². The number of fused-ring (bicyclic) bond motifs is 5. The second-order valence-electron chi connectivity index (χ2n) is 17.0. The van der Waals surface area contributed by atoms with Gasteiger partial charge in [-0.2, -0.15) is 0 Å². The second-order valence-corrected chi connectivity index (χ2v) is 21.2. The van der Waals surface area contributed by atoms with Crippen molar-refractivity contribution >= 4 is 18.7 Å². The molecule has 3 saturated carbocycles. The molecule has 0 radical (unpaired) electrons. The summed E-state index contributed by atoms with van der Waals surface area (Å²) in [4.78, 5) is 0. The van der Waals surface area contributed by atoms with Crippen LogP contribution >= 0.6 is 0 Å².